The lowest BCUT2D eigenvalue weighted by molar-refractivity contribution is -0.150. The molecular formula is C23H42O4. The van der Waals surface area contributed by atoms with Gasteiger partial charge in [-0.3, -0.25) is 9.59 Å². The minimum Gasteiger partial charge on any atom is -0.469 e. The number of methoxy groups -OCH3 is 1. The average Bonchev–Trinajstić information content (AvgIpc) is 2.69. The summed E-state index contributed by atoms with van der Waals surface area (Å²) in [4.78, 5) is 23.2. The zero-order valence-electron chi connectivity index (χ0n) is 17.8. The smallest absolute Gasteiger partial charge is 0.308 e. The molecule has 158 valence electrons. The zero-order valence-corrected chi connectivity index (χ0v) is 17.8. The van der Waals surface area contributed by atoms with Crippen molar-refractivity contribution < 1.29 is 19.1 Å². The van der Waals surface area contributed by atoms with Gasteiger partial charge < -0.3 is 9.47 Å². The summed E-state index contributed by atoms with van der Waals surface area (Å²) in [6.45, 7) is 2.77. The van der Waals surface area contributed by atoms with E-state index in [-0.39, 0.29) is 17.9 Å². The second-order valence-electron chi connectivity index (χ2n) is 8.19. The number of hydrogen-bond donors (Lipinski definition) is 0. The van der Waals surface area contributed by atoms with Gasteiger partial charge in [0, 0.05) is 6.42 Å². The number of carbonyl (C=O) groups excluding carboxylic acids is 2. The number of rotatable bonds is 15. The van der Waals surface area contributed by atoms with Crippen LogP contribution in [0.15, 0.2) is 0 Å². The lowest BCUT2D eigenvalue weighted by atomic mass is 9.79. The second kappa shape index (κ2) is 15.9. The summed E-state index contributed by atoms with van der Waals surface area (Å²) < 4.78 is 10.1. The highest BCUT2D eigenvalue weighted by atomic mass is 16.5. The molecule has 0 amide bonds. The Kier molecular flexibility index (Phi) is 14.2. The van der Waals surface area contributed by atoms with E-state index in [1.165, 1.54) is 58.5 Å². The van der Waals surface area contributed by atoms with Crippen LogP contribution in [0.2, 0.25) is 0 Å². The highest BCUT2D eigenvalue weighted by Gasteiger charge is 2.27. The van der Waals surface area contributed by atoms with Crippen molar-refractivity contribution in [1.29, 1.82) is 0 Å². The molecular weight excluding hydrogens is 340 g/mol. The van der Waals surface area contributed by atoms with E-state index in [0.717, 1.165) is 44.9 Å². The summed E-state index contributed by atoms with van der Waals surface area (Å²) in [5.74, 6) is 0.834. The summed E-state index contributed by atoms with van der Waals surface area (Å²) in [7, 11) is 1.45. The van der Waals surface area contributed by atoms with Crippen LogP contribution in [0.25, 0.3) is 0 Å². The van der Waals surface area contributed by atoms with Crippen LogP contribution in [0, 0.1) is 11.8 Å². The standard InChI is InChI=1S/C23H42O4/c1-3-4-12-18-27-23(25)21-16-13-15-20(19-21)14-10-8-6-5-7-9-11-17-22(24)26-2/h20-21H,3-19H2,1-2H3. The van der Waals surface area contributed by atoms with Crippen LogP contribution in [0.1, 0.15) is 110 Å². The Morgan fingerprint density at radius 2 is 1.59 bits per heavy atom. The molecule has 2 atom stereocenters. The number of hydrogen-bond acceptors (Lipinski definition) is 4. The van der Waals surface area contributed by atoms with Crippen LogP contribution in [0.3, 0.4) is 0 Å². The normalized spacial score (nSPS) is 19.6. The quantitative estimate of drug-likeness (QED) is 0.249. The van der Waals surface area contributed by atoms with Gasteiger partial charge >= 0.3 is 11.9 Å². The van der Waals surface area contributed by atoms with Crippen molar-refractivity contribution in [3.05, 3.63) is 0 Å². The Balaban J connectivity index is 2.00. The lowest BCUT2D eigenvalue weighted by Gasteiger charge is -2.27. The number of esters is 2. The fourth-order valence-corrected chi connectivity index (χ4v) is 4.10. The minimum atomic E-state index is -0.0920. The Labute approximate surface area is 166 Å². The first kappa shape index (κ1) is 24.0. The van der Waals surface area contributed by atoms with Gasteiger partial charge in [0.25, 0.3) is 0 Å². The second-order valence-corrected chi connectivity index (χ2v) is 8.19. The third-order valence-electron chi connectivity index (χ3n) is 5.83. The Morgan fingerprint density at radius 3 is 2.30 bits per heavy atom. The van der Waals surface area contributed by atoms with E-state index in [2.05, 4.69) is 11.7 Å². The van der Waals surface area contributed by atoms with Crippen LogP contribution in [-0.4, -0.2) is 25.7 Å². The van der Waals surface area contributed by atoms with Gasteiger partial charge in [-0.15, -0.1) is 0 Å². The molecule has 0 aromatic carbocycles. The molecule has 0 saturated heterocycles. The van der Waals surface area contributed by atoms with Gasteiger partial charge in [0.2, 0.25) is 0 Å². The molecule has 0 radical (unpaired) electrons. The maximum atomic E-state index is 12.2. The van der Waals surface area contributed by atoms with E-state index < -0.39 is 0 Å². The molecule has 1 aliphatic rings. The largest absolute Gasteiger partial charge is 0.469 e. The molecule has 0 spiro atoms. The minimum absolute atomic E-state index is 0.0581. The van der Waals surface area contributed by atoms with Crippen molar-refractivity contribution in [1.82, 2.24) is 0 Å². The van der Waals surface area contributed by atoms with Crippen LogP contribution in [0.5, 0.6) is 0 Å². The molecule has 4 nitrogen and oxygen atoms in total. The third kappa shape index (κ3) is 12.1. The van der Waals surface area contributed by atoms with Gasteiger partial charge in [-0.2, -0.15) is 0 Å². The Bertz CT molecular complexity index is 394. The molecule has 0 aromatic heterocycles. The SMILES string of the molecule is CCCCCOC(=O)C1CCCC(CCCCCCCCCC(=O)OC)C1. The predicted octanol–water partition coefficient (Wildman–Crippen LogP) is 6.21. The first-order valence-electron chi connectivity index (χ1n) is 11.4. The maximum Gasteiger partial charge on any atom is 0.308 e. The molecule has 0 N–H and O–H groups in total. The van der Waals surface area contributed by atoms with E-state index in [1.54, 1.807) is 0 Å². The van der Waals surface area contributed by atoms with Gasteiger partial charge in [0.1, 0.15) is 0 Å². The molecule has 4 heteroatoms. The van der Waals surface area contributed by atoms with Crippen molar-refractivity contribution in [3.8, 4) is 0 Å². The third-order valence-corrected chi connectivity index (χ3v) is 5.83. The fourth-order valence-electron chi connectivity index (χ4n) is 4.10. The molecule has 1 fully saturated rings. The number of carbonyl (C=O) groups is 2. The van der Waals surface area contributed by atoms with E-state index in [9.17, 15) is 9.59 Å². The first-order valence-corrected chi connectivity index (χ1v) is 11.4. The van der Waals surface area contributed by atoms with E-state index in [1.807, 2.05) is 0 Å². The predicted molar refractivity (Wildman–Crippen MR) is 110 cm³/mol. The van der Waals surface area contributed by atoms with Crippen molar-refractivity contribution >= 4 is 11.9 Å². The van der Waals surface area contributed by atoms with Gasteiger partial charge in [-0.05, 0) is 31.6 Å². The van der Waals surface area contributed by atoms with E-state index in [4.69, 9.17) is 4.74 Å². The molecule has 0 heterocycles. The molecule has 0 aliphatic heterocycles. The highest BCUT2D eigenvalue weighted by molar-refractivity contribution is 5.72. The summed E-state index contributed by atoms with van der Waals surface area (Å²) in [5.41, 5.74) is 0. The van der Waals surface area contributed by atoms with Gasteiger partial charge in [-0.1, -0.05) is 77.6 Å². The fraction of sp³-hybridized carbons (Fsp3) is 0.913. The van der Waals surface area contributed by atoms with Crippen molar-refractivity contribution in [2.75, 3.05) is 13.7 Å². The molecule has 1 rings (SSSR count). The van der Waals surface area contributed by atoms with Crippen LogP contribution < -0.4 is 0 Å². The van der Waals surface area contributed by atoms with Crippen LogP contribution in [-0.2, 0) is 19.1 Å². The Morgan fingerprint density at radius 1 is 0.889 bits per heavy atom. The van der Waals surface area contributed by atoms with Crippen LogP contribution in [0.4, 0.5) is 0 Å². The zero-order chi connectivity index (χ0) is 19.7. The maximum absolute atomic E-state index is 12.2. The summed E-state index contributed by atoms with van der Waals surface area (Å²) in [6, 6.07) is 0. The summed E-state index contributed by atoms with van der Waals surface area (Å²) >= 11 is 0. The van der Waals surface area contributed by atoms with Gasteiger partial charge in [0.15, 0.2) is 0 Å². The lowest BCUT2D eigenvalue weighted by Crippen LogP contribution is -2.25. The molecule has 0 bridgehead atoms. The highest BCUT2D eigenvalue weighted by Crippen LogP contribution is 2.33. The van der Waals surface area contributed by atoms with Crippen molar-refractivity contribution in [3.63, 3.8) is 0 Å². The summed E-state index contributed by atoms with van der Waals surface area (Å²) in [5, 5.41) is 0. The first-order chi connectivity index (χ1) is 13.2. The van der Waals surface area contributed by atoms with E-state index in [0.29, 0.717) is 18.9 Å². The molecule has 0 aromatic rings. The van der Waals surface area contributed by atoms with Gasteiger partial charge in [-0.25, -0.2) is 0 Å². The Hall–Kier alpha value is -1.06. The monoisotopic (exact) mass is 382 g/mol. The van der Waals surface area contributed by atoms with E-state index >= 15 is 0 Å². The molecule has 1 saturated carbocycles. The molecule has 1 aliphatic carbocycles. The summed E-state index contributed by atoms with van der Waals surface area (Å²) in [6.07, 6.45) is 18.1. The van der Waals surface area contributed by atoms with Gasteiger partial charge in [0.05, 0.1) is 19.6 Å². The molecule has 2 unspecified atom stereocenters. The topological polar surface area (TPSA) is 52.6 Å². The number of ether oxygens (including phenoxy) is 2. The number of unbranched alkanes of at least 4 members (excludes halogenated alkanes) is 8. The van der Waals surface area contributed by atoms with Crippen LogP contribution >= 0.6 is 0 Å². The molecule has 27 heavy (non-hydrogen) atoms. The average molecular weight is 383 g/mol. The van der Waals surface area contributed by atoms with Crippen molar-refractivity contribution in [2.45, 2.75) is 110 Å². The van der Waals surface area contributed by atoms with Crippen molar-refractivity contribution in [2.24, 2.45) is 11.8 Å².